The van der Waals surface area contributed by atoms with Gasteiger partial charge in [0.1, 0.15) is 4.21 Å². The molecule has 0 amide bonds. The Morgan fingerprint density at radius 2 is 2.06 bits per heavy atom. The van der Waals surface area contributed by atoms with Crippen molar-refractivity contribution in [2.45, 2.75) is 10.6 Å². The largest absolute Gasteiger partial charge is 0.320 e. The van der Waals surface area contributed by atoms with Gasteiger partial charge in [-0.05, 0) is 48.1 Å². The zero-order valence-electron chi connectivity index (χ0n) is 8.70. The van der Waals surface area contributed by atoms with Crippen molar-refractivity contribution in [1.82, 2.24) is 10.0 Å². The minimum absolute atomic E-state index is 0. The Morgan fingerprint density at radius 1 is 1.38 bits per heavy atom. The van der Waals surface area contributed by atoms with Crippen LogP contribution in [0.2, 0.25) is 0 Å². The van der Waals surface area contributed by atoms with Gasteiger partial charge in [0, 0.05) is 6.54 Å². The van der Waals surface area contributed by atoms with E-state index in [1.54, 1.807) is 12.1 Å². The van der Waals surface area contributed by atoms with Crippen molar-refractivity contribution in [2.24, 2.45) is 0 Å². The van der Waals surface area contributed by atoms with E-state index in [0.717, 1.165) is 16.8 Å². The number of rotatable bonds is 6. The summed E-state index contributed by atoms with van der Waals surface area (Å²) < 4.78 is 27.0. The Kier molecular flexibility index (Phi) is 7.79. The van der Waals surface area contributed by atoms with Gasteiger partial charge in [-0.15, -0.1) is 23.7 Å². The number of hydrogen-bond donors (Lipinski definition) is 2. The summed E-state index contributed by atoms with van der Waals surface area (Å²) in [5.41, 5.74) is 0. The molecule has 8 heteroatoms. The highest BCUT2D eigenvalue weighted by Crippen LogP contribution is 2.25. The Labute approximate surface area is 114 Å². The van der Waals surface area contributed by atoms with Gasteiger partial charge in [0.2, 0.25) is 10.0 Å². The van der Waals surface area contributed by atoms with Crippen molar-refractivity contribution in [3.8, 4) is 0 Å². The average Bonchev–Trinajstić information content (AvgIpc) is 2.60. The average molecular weight is 350 g/mol. The third-order valence-corrected chi connectivity index (χ3v) is 5.29. The third kappa shape index (κ3) is 5.11. The van der Waals surface area contributed by atoms with Gasteiger partial charge in [-0.2, -0.15) is 0 Å². The molecule has 16 heavy (non-hydrogen) atoms. The molecule has 0 saturated carbocycles. The van der Waals surface area contributed by atoms with Crippen LogP contribution in [0, 0.1) is 0 Å². The molecule has 1 rings (SSSR count). The summed E-state index contributed by atoms with van der Waals surface area (Å²) in [6.07, 6.45) is 0.780. The zero-order valence-corrected chi connectivity index (χ0v) is 12.7. The Hall–Kier alpha value is 0.340. The number of thiophene rings is 1. The van der Waals surface area contributed by atoms with Crippen LogP contribution in [-0.4, -0.2) is 28.6 Å². The van der Waals surface area contributed by atoms with E-state index in [9.17, 15) is 8.42 Å². The second-order valence-corrected chi connectivity index (χ2v) is 7.37. The van der Waals surface area contributed by atoms with E-state index in [2.05, 4.69) is 26.0 Å². The zero-order chi connectivity index (χ0) is 11.3. The lowest BCUT2D eigenvalue weighted by atomic mass is 10.4. The second kappa shape index (κ2) is 7.62. The van der Waals surface area contributed by atoms with Crippen LogP contribution >= 0.6 is 39.7 Å². The van der Waals surface area contributed by atoms with Crippen LogP contribution in [0.3, 0.4) is 0 Å². The minimum atomic E-state index is -3.31. The number of halogens is 2. The van der Waals surface area contributed by atoms with E-state index in [0.29, 0.717) is 10.8 Å². The smallest absolute Gasteiger partial charge is 0.250 e. The van der Waals surface area contributed by atoms with Crippen molar-refractivity contribution in [1.29, 1.82) is 0 Å². The summed E-state index contributed by atoms with van der Waals surface area (Å²) in [6, 6.07) is 3.32. The molecule has 1 heterocycles. The van der Waals surface area contributed by atoms with Crippen molar-refractivity contribution < 1.29 is 8.42 Å². The van der Waals surface area contributed by atoms with Crippen molar-refractivity contribution in [3.05, 3.63) is 15.9 Å². The maximum atomic E-state index is 11.7. The van der Waals surface area contributed by atoms with Crippen LogP contribution in [0.4, 0.5) is 0 Å². The first-order valence-electron chi connectivity index (χ1n) is 4.46. The standard InChI is InChI=1S/C8H13BrN2O2S2.ClH/c1-10-5-2-6-11-15(12,13)8-4-3-7(9)14-8;/h3-4,10-11H,2,5-6H2,1H3;1H. The van der Waals surface area contributed by atoms with Gasteiger partial charge in [0.25, 0.3) is 0 Å². The maximum absolute atomic E-state index is 11.7. The Morgan fingerprint density at radius 3 is 2.56 bits per heavy atom. The van der Waals surface area contributed by atoms with Gasteiger partial charge in [0.05, 0.1) is 3.79 Å². The van der Waals surface area contributed by atoms with Gasteiger partial charge in [-0.1, -0.05) is 0 Å². The molecule has 0 fully saturated rings. The van der Waals surface area contributed by atoms with Crippen LogP contribution in [0.5, 0.6) is 0 Å². The molecule has 0 spiro atoms. The Balaban J connectivity index is 0.00000225. The first kappa shape index (κ1) is 16.3. The van der Waals surface area contributed by atoms with Crippen molar-refractivity contribution >= 4 is 49.7 Å². The lowest BCUT2D eigenvalue weighted by molar-refractivity contribution is 0.579. The number of hydrogen-bond acceptors (Lipinski definition) is 4. The number of sulfonamides is 1. The highest BCUT2D eigenvalue weighted by molar-refractivity contribution is 9.11. The molecule has 0 atom stereocenters. The van der Waals surface area contributed by atoms with E-state index < -0.39 is 10.0 Å². The van der Waals surface area contributed by atoms with Gasteiger partial charge in [0.15, 0.2) is 0 Å². The van der Waals surface area contributed by atoms with Crippen molar-refractivity contribution in [2.75, 3.05) is 20.1 Å². The number of nitrogens with one attached hydrogen (secondary N) is 2. The summed E-state index contributed by atoms with van der Waals surface area (Å²) >= 11 is 4.44. The fraction of sp³-hybridized carbons (Fsp3) is 0.500. The predicted octanol–water partition coefficient (Wildman–Crippen LogP) is 1.82. The topological polar surface area (TPSA) is 58.2 Å². The summed E-state index contributed by atoms with van der Waals surface area (Å²) in [5.74, 6) is 0. The van der Waals surface area contributed by atoms with Gasteiger partial charge in [-0.25, -0.2) is 13.1 Å². The van der Waals surface area contributed by atoms with E-state index >= 15 is 0 Å². The quantitative estimate of drug-likeness (QED) is 0.770. The Bertz CT molecular complexity index is 408. The van der Waals surface area contributed by atoms with Crippen molar-refractivity contribution in [3.63, 3.8) is 0 Å². The second-order valence-electron chi connectivity index (χ2n) is 2.91. The molecule has 1 aromatic heterocycles. The van der Waals surface area contributed by atoms with Crippen LogP contribution in [-0.2, 0) is 10.0 Å². The minimum Gasteiger partial charge on any atom is -0.320 e. The summed E-state index contributed by atoms with van der Waals surface area (Å²) in [7, 11) is -1.47. The molecule has 0 aliphatic rings. The highest BCUT2D eigenvalue weighted by atomic mass is 79.9. The summed E-state index contributed by atoms with van der Waals surface area (Å²) in [4.78, 5) is 0. The fourth-order valence-electron chi connectivity index (χ4n) is 0.985. The fourth-order valence-corrected chi connectivity index (χ4v) is 4.11. The molecule has 0 unspecified atom stereocenters. The van der Waals surface area contributed by atoms with Gasteiger partial charge < -0.3 is 5.32 Å². The lowest BCUT2D eigenvalue weighted by Crippen LogP contribution is -2.26. The molecule has 0 bridgehead atoms. The van der Waals surface area contributed by atoms with Crippen LogP contribution in [0.15, 0.2) is 20.1 Å². The highest BCUT2D eigenvalue weighted by Gasteiger charge is 2.15. The lowest BCUT2D eigenvalue weighted by Gasteiger charge is -2.03. The molecule has 0 aliphatic heterocycles. The molecule has 0 aromatic carbocycles. The molecule has 0 radical (unpaired) electrons. The van der Waals surface area contributed by atoms with Crippen LogP contribution < -0.4 is 10.0 Å². The molecular weight excluding hydrogens is 336 g/mol. The maximum Gasteiger partial charge on any atom is 0.250 e. The van der Waals surface area contributed by atoms with Crippen LogP contribution in [0.1, 0.15) is 6.42 Å². The molecule has 0 aliphatic carbocycles. The molecule has 0 saturated heterocycles. The van der Waals surface area contributed by atoms with Gasteiger partial charge in [-0.3, -0.25) is 0 Å². The normalized spacial score (nSPS) is 11.1. The van der Waals surface area contributed by atoms with E-state index in [-0.39, 0.29) is 12.4 Å². The first-order valence-corrected chi connectivity index (χ1v) is 7.55. The van der Waals surface area contributed by atoms with Crippen LogP contribution in [0.25, 0.3) is 0 Å². The van der Waals surface area contributed by atoms with E-state index in [1.807, 2.05) is 7.05 Å². The SMILES string of the molecule is CNCCCNS(=O)(=O)c1ccc(Br)s1.Cl. The van der Waals surface area contributed by atoms with E-state index in [4.69, 9.17) is 0 Å². The monoisotopic (exact) mass is 348 g/mol. The van der Waals surface area contributed by atoms with Gasteiger partial charge >= 0.3 is 0 Å². The van der Waals surface area contributed by atoms with E-state index in [1.165, 1.54) is 11.3 Å². The summed E-state index contributed by atoms with van der Waals surface area (Å²) in [6.45, 7) is 1.26. The molecule has 1 aromatic rings. The summed E-state index contributed by atoms with van der Waals surface area (Å²) in [5, 5.41) is 2.96. The molecule has 4 nitrogen and oxygen atoms in total. The third-order valence-electron chi connectivity index (χ3n) is 1.71. The molecule has 2 N–H and O–H groups in total. The first-order chi connectivity index (χ1) is 7.06. The molecule has 94 valence electrons. The molecular formula is C8H14BrClN2O2S2. The predicted molar refractivity (Wildman–Crippen MR) is 73.0 cm³/mol.